The quantitative estimate of drug-likeness (QED) is 0.361. The lowest BCUT2D eigenvalue weighted by molar-refractivity contribution is 0.103. The largest absolute Gasteiger partial charge is 0.486 e. The number of hydrogen-bond donors (Lipinski definition) is 1. The van der Waals surface area contributed by atoms with Gasteiger partial charge in [0, 0.05) is 10.9 Å². The summed E-state index contributed by atoms with van der Waals surface area (Å²) >= 11 is 2.76. The third-order valence-corrected chi connectivity index (χ3v) is 6.67. The SMILES string of the molecule is CCc1ccc(-c2csc(NC(=O)c3sc(COc4cccc(C)c4)nc3C)n2)cc1. The van der Waals surface area contributed by atoms with Gasteiger partial charge in [0.05, 0.1) is 11.4 Å². The summed E-state index contributed by atoms with van der Waals surface area (Å²) in [5.41, 5.74) is 5.01. The maximum Gasteiger partial charge on any atom is 0.269 e. The average Bonchev–Trinajstić information content (AvgIpc) is 3.39. The van der Waals surface area contributed by atoms with E-state index in [0.29, 0.717) is 22.3 Å². The second-order valence-corrected chi connectivity index (χ2v) is 9.11. The van der Waals surface area contributed by atoms with E-state index < -0.39 is 0 Å². The minimum atomic E-state index is -0.195. The van der Waals surface area contributed by atoms with E-state index in [0.717, 1.165) is 34.0 Å². The minimum absolute atomic E-state index is 0.195. The lowest BCUT2D eigenvalue weighted by Gasteiger charge is -2.04. The molecule has 0 saturated carbocycles. The second kappa shape index (κ2) is 9.41. The van der Waals surface area contributed by atoms with Gasteiger partial charge in [-0.1, -0.05) is 43.3 Å². The van der Waals surface area contributed by atoms with Crippen molar-refractivity contribution >= 4 is 33.7 Å². The van der Waals surface area contributed by atoms with Crippen LogP contribution in [0.1, 0.15) is 38.4 Å². The number of benzene rings is 2. The van der Waals surface area contributed by atoms with Crippen molar-refractivity contribution in [2.75, 3.05) is 5.32 Å². The zero-order valence-electron chi connectivity index (χ0n) is 17.6. The molecule has 0 spiro atoms. The third kappa shape index (κ3) is 5.18. The zero-order valence-corrected chi connectivity index (χ0v) is 19.3. The standard InChI is InChI=1S/C24H23N3O2S2/c1-4-17-8-10-18(11-9-17)20-14-30-24(26-20)27-23(28)22-16(3)25-21(31-22)13-29-19-7-5-6-15(2)12-19/h5-12,14H,4,13H2,1-3H3,(H,26,27,28). The van der Waals surface area contributed by atoms with Gasteiger partial charge in [0.15, 0.2) is 5.13 Å². The van der Waals surface area contributed by atoms with Gasteiger partial charge in [-0.2, -0.15) is 0 Å². The van der Waals surface area contributed by atoms with Crippen LogP contribution in [0, 0.1) is 13.8 Å². The molecule has 0 aliphatic carbocycles. The molecule has 0 fully saturated rings. The molecular formula is C24H23N3O2S2. The van der Waals surface area contributed by atoms with Crippen LogP contribution in [0.3, 0.4) is 0 Å². The highest BCUT2D eigenvalue weighted by Gasteiger charge is 2.17. The molecule has 0 radical (unpaired) electrons. The smallest absolute Gasteiger partial charge is 0.269 e. The highest BCUT2D eigenvalue weighted by molar-refractivity contribution is 7.15. The van der Waals surface area contributed by atoms with Crippen LogP contribution in [0.25, 0.3) is 11.3 Å². The number of rotatable bonds is 7. The first kappa shape index (κ1) is 21.2. The number of nitrogens with one attached hydrogen (secondary N) is 1. The van der Waals surface area contributed by atoms with Crippen molar-refractivity contribution in [2.24, 2.45) is 0 Å². The Morgan fingerprint density at radius 2 is 1.90 bits per heavy atom. The first-order valence-electron chi connectivity index (χ1n) is 10.0. The van der Waals surface area contributed by atoms with Crippen LogP contribution >= 0.6 is 22.7 Å². The van der Waals surface area contributed by atoms with Gasteiger partial charge in [-0.3, -0.25) is 10.1 Å². The van der Waals surface area contributed by atoms with Gasteiger partial charge < -0.3 is 4.74 Å². The molecule has 4 rings (SSSR count). The molecule has 0 atom stereocenters. The molecule has 2 aromatic carbocycles. The number of carbonyl (C=O) groups is 1. The van der Waals surface area contributed by atoms with E-state index in [4.69, 9.17) is 4.74 Å². The summed E-state index contributed by atoms with van der Waals surface area (Å²) in [6, 6.07) is 16.2. The number of carbonyl (C=O) groups excluding carboxylic acids is 1. The fourth-order valence-corrected chi connectivity index (χ4v) is 4.69. The minimum Gasteiger partial charge on any atom is -0.486 e. The van der Waals surface area contributed by atoms with E-state index >= 15 is 0 Å². The second-order valence-electron chi connectivity index (χ2n) is 7.17. The summed E-state index contributed by atoms with van der Waals surface area (Å²) in [6.07, 6.45) is 1.00. The third-order valence-electron chi connectivity index (χ3n) is 4.78. The monoisotopic (exact) mass is 449 g/mol. The number of ether oxygens (including phenoxy) is 1. The van der Waals surface area contributed by atoms with Crippen molar-refractivity contribution in [3.8, 4) is 17.0 Å². The Morgan fingerprint density at radius 3 is 2.65 bits per heavy atom. The van der Waals surface area contributed by atoms with Gasteiger partial charge >= 0.3 is 0 Å². The molecule has 5 nitrogen and oxygen atoms in total. The molecule has 7 heteroatoms. The van der Waals surface area contributed by atoms with Crippen LogP contribution in [0.15, 0.2) is 53.9 Å². The predicted octanol–water partition coefficient (Wildman–Crippen LogP) is 6.28. The van der Waals surface area contributed by atoms with E-state index in [9.17, 15) is 4.79 Å². The Kier molecular flexibility index (Phi) is 6.44. The van der Waals surface area contributed by atoms with Gasteiger partial charge in [0.25, 0.3) is 5.91 Å². The van der Waals surface area contributed by atoms with Crippen molar-refractivity contribution in [3.63, 3.8) is 0 Å². The van der Waals surface area contributed by atoms with Crippen molar-refractivity contribution in [1.82, 2.24) is 9.97 Å². The molecule has 158 valence electrons. The van der Waals surface area contributed by atoms with E-state index in [1.807, 2.05) is 43.5 Å². The molecule has 1 amide bonds. The molecule has 1 N–H and O–H groups in total. The highest BCUT2D eigenvalue weighted by atomic mass is 32.1. The van der Waals surface area contributed by atoms with E-state index in [1.54, 1.807) is 0 Å². The molecule has 0 bridgehead atoms. The summed E-state index contributed by atoms with van der Waals surface area (Å²) < 4.78 is 5.81. The molecule has 0 saturated heterocycles. The van der Waals surface area contributed by atoms with Crippen LogP contribution in [-0.4, -0.2) is 15.9 Å². The lowest BCUT2D eigenvalue weighted by atomic mass is 10.1. The number of hydrogen-bond acceptors (Lipinski definition) is 6. The number of aromatic nitrogens is 2. The molecular weight excluding hydrogens is 426 g/mol. The highest BCUT2D eigenvalue weighted by Crippen LogP contribution is 2.27. The molecule has 2 heterocycles. The number of aryl methyl sites for hydroxylation is 3. The maximum absolute atomic E-state index is 12.8. The first-order valence-corrected chi connectivity index (χ1v) is 11.7. The Hall–Kier alpha value is -3.03. The normalized spacial score (nSPS) is 10.8. The molecule has 0 unspecified atom stereocenters. The number of nitrogens with zero attached hydrogens (tertiary/aromatic N) is 2. The molecule has 0 aliphatic heterocycles. The number of anilines is 1. The van der Waals surface area contributed by atoms with E-state index in [2.05, 4.69) is 46.5 Å². The zero-order chi connectivity index (χ0) is 21.8. The van der Waals surface area contributed by atoms with Crippen molar-refractivity contribution in [1.29, 1.82) is 0 Å². The van der Waals surface area contributed by atoms with Gasteiger partial charge in [0.2, 0.25) is 0 Å². The van der Waals surface area contributed by atoms with Gasteiger partial charge in [-0.05, 0) is 43.5 Å². The Morgan fingerprint density at radius 1 is 1.10 bits per heavy atom. The maximum atomic E-state index is 12.8. The Labute approximate surface area is 189 Å². The molecule has 4 aromatic rings. The summed E-state index contributed by atoms with van der Waals surface area (Å²) in [4.78, 5) is 22.4. The summed E-state index contributed by atoms with van der Waals surface area (Å²) in [5, 5.41) is 6.20. The van der Waals surface area contributed by atoms with Gasteiger partial charge in [-0.25, -0.2) is 9.97 Å². The van der Waals surface area contributed by atoms with Crippen LogP contribution in [0.5, 0.6) is 5.75 Å². The van der Waals surface area contributed by atoms with Crippen LogP contribution in [0.4, 0.5) is 5.13 Å². The van der Waals surface area contributed by atoms with Crippen molar-refractivity contribution in [3.05, 3.63) is 80.6 Å². The Balaban J connectivity index is 1.41. The van der Waals surface area contributed by atoms with Crippen LogP contribution in [-0.2, 0) is 13.0 Å². The van der Waals surface area contributed by atoms with Crippen LogP contribution < -0.4 is 10.1 Å². The lowest BCUT2D eigenvalue weighted by Crippen LogP contribution is -2.11. The molecule has 0 aliphatic rings. The molecule has 2 aromatic heterocycles. The fourth-order valence-electron chi connectivity index (χ4n) is 3.10. The van der Waals surface area contributed by atoms with Gasteiger partial charge in [-0.15, -0.1) is 22.7 Å². The van der Waals surface area contributed by atoms with Gasteiger partial charge in [0.1, 0.15) is 22.2 Å². The number of amides is 1. The summed E-state index contributed by atoms with van der Waals surface area (Å²) in [7, 11) is 0. The van der Waals surface area contributed by atoms with Crippen molar-refractivity contribution < 1.29 is 9.53 Å². The molecule has 31 heavy (non-hydrogen) atoms. The van der Waals surface area contributed by atoms with Crippen molar-refractivity contribution in [2.45, 2.75) is 33.8 Å². The Bertz CT molecular complexity index is 1200. The summed E-state index contributed by atoms with van der Waals surface area (Å²) in [6.45, 7) is 6.32. The topological polar surface area (TPSA) is 64.1 Å². The number of thiazole rings is 2. The van der Waals surface area contributed by atoms with Crippen LogP contribution in [0.2, 0.25) is 0 Å². The summed E-state index contributed by atoms with van der Waals surface area (Å²) in [5.74, 6) is 0.597. The first-order chi connectivity index (χ1) is 15.0. The fraction of sp³-hybridized carbons (Fsp3) is 0.208. The average molecular weight is 450 g/mol. The van der Waals surface area contributed by atoms with E-state index in [-0.39, 0.29) is 5.91 Å². The predicted molar refractivity (Wildman–Crippen MR) is 127 cm³/mol. The van der Waals surface area contributed by atoms with E-state index in [1.165, 1.54) is 28.2 Å².